The fraction of sp³-hybridized carbons (Fsp3) is 0.318. The quantitative estimate of drug-likeness (QED) is 0.597. The molecule has 1 heterocycles. The van der Waals surface area contributed by atoms with Crippen LogP contribution < -0.4 is 9.46 Å². The molecule has 1 aromatic heterocycles. The first-order chi connectivity index (χ1) is 14.2. The maximum atomic E-state index is 13.7. The number of halogens is 2. The van der Waals surface area contributed by atoms with E-state index in [1.54, 1.807) is 19.5 Å². The zero-order valence-corrected chi connectivity index (χ0v) is 18.2. The second kappa shape index (κ2) is 9.06. The molecule has 8 heteroatoms. The van der Waals surface area contributed by atoms with E-state index in [1.807, 2.05) is 49.6 Å². The molecule has 0 bridgehead atoms. The predicted octanol–water partition coefficient (Wildman–Crippen LogP) is 4.49. The monoisotopic (exact) mass is 433 g/mol. The van der Waals surface area contributed by atoms with E-state index in [2.05, 4.69) is 9.71 Å². The van der Waals surface area contributed by atoms with Crippen LogP contribution in [0.1, 0.15) is 38.2 Å². The summed E-state index contributed by atoms with van der Waals surface area (Å²) in [5.41, 5.74) is 1.28. The molecule has 0 fully saturated rings. The molecule has 0 aliphatic rings. The highest BCUT2D eigenvalue weighted by molar-refractivity contribution is 7.84. The second-order valence-corrected chi connectivity index (χ2v) is 9.88. The van der Waals surface area contributed by atoms with Gasteiger partial charge in [0.1, 0.15) is 23.2 Å². The van der Waals surface area contributed by atoms with Gasteiger partial charge in [0.2, 0.25) is 0 Å². The van der Waals surface area contributed by atoms with E-state index in [0.717, 1.165) is 17.5 Å². The first-order valence-electron chi connectivity index (χ1n) is 9.48. The van der Waals surface area contributed by atoms with E-state index in [9.17, 15) is 13.0 Å². The minimum Gasteiger partial charge on any atom is -0.497 e. The van der Waals surface area contributed by atoms with Gasteiger partial charge in [0.05, 0.1) is 28.9 Å². The number of hydrogen-bond acceptors (Lipinski definition) is 3. The lowest BCUT2D eigenvalue weighted by molar-refractivity contribution is 0.414. The van der Waals surface area contributed by atoms with Gasteiger partial charge in [-0.15, -0.1) is 0 Å². The van der Waals surface area contributed by atoms with Gasteiger partial charge in [-0.2, -0.15) is 0 Å². The van der Waals surface area contributed by atoms with E-state index >= 15 is 0 Å². The Hall–Kier alpha value is -2.58. The summed E-state index contributed by atoms with van der Waals surface area (Å²) in [6.07, 6.45) is 3.64. The lowest BCUT2D eigenvalue weighted by Crippen LogP contribution is -2.37. The van der Waals surface area contributed by atoms with Gasteiger partial charge in [0.15, 0.2) is 0 Å². The maximum Gasteiger partial charge on any atom is 0.131 e. The minimum atomic E-state index is -1.42. The summed E-state index contributed by atoms with van der Waals surface area (Å²) in [4.78, 5) is 4.46. The Morgan fingerprint density at radius 1 is 1.13 bits per heavy atom. The molecule has 2 aromatic carbocycles. The second-order valence-electron chi connectivity index (χ2n) is 7.89. The number of imidazole rings is 1. The highest BCUT2D eigenvalue weighted by atomic mass is 32.2. The maximum absolute atomic E-state index is 13.7. The van der Waals surface area contributed by atoms with Crippen molar-refractivity contribution in [2.75, 3.05) is 7.11 Å². The highest BCUT2D eigenvalue weighted by Crippen LogP contribution is 2.25. The van der Waals surface area contributed by atoms with Crippen LogP contribution in [0, 0.1) is 11.6 Å². The Kier molecular flexibility index (Phi) is 6.67. The molecule has 0 aliphatic heterocycles. The molecule has 0 aliphatic carbocycles. The van der Waals surface area contributed by atoms with Crippen LogP contribution >= 0.6 is 0 Å². The number of nitrogens with zero attached hydrogens (tertiary/aromatic N) is 2. The van der Waals surface area contributed by atoms with Gasteiger partial charge in [-0.05, 0) is 69.2 Å². The summed E-state index contributed by atoms with van der Waals surface area (Å²) in [6, 6.07) is 10.3. The molecule has 160 valence electrons. The molecule has 1 N–H and O–H groups in total. The summed E-state index contributed by atoms with van der Waals surface area (Å²) in [5, 5.41) is 0. The van der Waals surface area contributed by atoms with Gasteiger partial charge in [-0.25, -0.2) is 22.7 Å². The molecule has 0 unspecified atom stereocenters. The van der Waals surface area contributed by atoms with E-state index in [-0.39, 0.29) is 6.42 Å². The van der Waals surface area contributed by atoms with Crippen molar-refractivity contribution in [1.29, 1.82) is 0 Å². The third-order valence-corrected chi connectivity index (χ3v) is 6.11. The van der Waals surface area contributed by atoms with Crippen LogP contribution in [0.3, 0.4) is 0 Å². The van der Waals surface area contributed by atoms with Crippen molar-refractivity contribution in [2.24, 2.45) is 0 Å². The SMILES string of the molecule is COc1ccc(-n2ccnc2[C@H](Cc2cc(F)cc(F)c2)N[S@](=O)C(C)(C)C)cc1. The largest absolute Gasteiger partial charge is 0.497 e. The Bertz CT molecular complexity index is 1010. The average molecular weight is 434 g/mol. The molecule has 5 nitrogen and oxygen atoms in total. The fourth-order valence-electron chi connectivity index (χ4n) is 2.99. The molecule has 0 saturated heterocycles. The molecule has 0 radical (unpaired) electrons. The molecule has 0 amide bonds. The Balaban J connectivity index is 1.99. The minimum absolute atomic E-state index is 0.212. The van der Waals surface area contributed by atoms with Gasteiger partial charge in [0, 0.05) is 24.1 Å². The molecular weight excluding hydrogens is 408 g/mol. The van der Waals surface area contributed by atoms with E-state index in [1.165, 1.54) is 12.1 Å². The molecule has 0 saturated carbocycles. The normalized spacial score (nSPS) is 13.8. The fourth-order valence-corrected chi connectivity index (χ4v) is 3.79. The van der Waals surface area contributed by atoms with Gasteiger partial charge in [-0.3, -0.25) is 0 Å². The van der Waals surface area contributed by atoms with Gasteiger partial charge < -0.3 is 9.30 Å². The number of aromatic nitrogens is 2. The van der Waals surface area contributed by atoms with Crippen LogP contribution in [0.15, 0.2) is 54.9 Å². The first-order valence-corrected chi connectivity index (χ1v) is 10.6. The molecule has 3 rings (SSSR count). The number of benzene rings is 2. The average Bonchev–Trinajstić information content (AvgIpc) is 3.15. The Labute approximate surface area is 177 Å². The lowest BCUT2D eigenvalue weighted by atomic mass is 10.1. The molecular formula is C22H25F2N3O2S. The third-order valence-electron chi connectivity index (χ3n) is 4.50. The van der Waals surface area contributed by atoms with Crippen LogP contribution in [0.25, 0.3) is 5.69 Å². The van der Waals surface area contributed by atoms with E-state index in [4.69, 9.17) is 4.74 Å². The van der Waals surface area contributed by atoms with Gasteiger partial charge in [0.25, 0.3) is 0 Å². The summed E-state index contributed by atoms with van der Waals surface area (Å²) in [6.45, 7) is 5.56. The van der Waals surface area contributed by atoms with Gasteiger partial charge in [-0.1, -0.05) is 0 Å². The van der Waals surface area contributed by atoms with Crippen molar-refractivity contribution in [1.82, 2.24) is 14.3 Å². The Morgan fingerprint density at radius 3 is 2.33 bits per heavy atom. The summed E-state index contributed by atoms with van der Waals surface area (Å²) in [5.74, 6) is -0.0000195. The van der Waals surface area contributed by atoms with Crippen LogP contribution in [0.2, 0.25) is 0 Å². The molecule has 30 heavy (non-hydrogen) atoms. The number of rotatable bonds is 7. The van der Waals surface area contributed by atoms with Crippen molar-refractivity contribution in [3.63, 3.8) is 0 Å². The number of methoxy groups -OCH3 is 1. The summed E-state index contributed by atoms with van der Waals surface area (Å²) >= 11 is 0. The molecule has 3 aromatic rings. The highest BCUT2D eigenvalue weighted by Gasteiger charge is 2.27. The van der Waals surface area contributed by atoms with Crippen LogP contribution in [-0.4, -0.2) is 25.6 Å². The first kappa shape index (κ1) is 22.1. The van der Waals surface area contributed by atoms with Crippen molar-refractivity contribution in [2.45, 2.75) is 38.0 Å². The van der Waals surface area contributed by atoms with Gasteiger partial charge >= 0.3 is 0 Å². The third kappa shape index (κ3) is 5.31. The summed E-state index contributed by atoms with van der Waals surface area (Å²) < 4.78 is 49.9. The smallest absolute Gasteiger partial charge is 0.131 e. The van der Waals surface area contributed by atoms with Crippen molar-refractivity contribution in [3.8, 4) is 11.4 Å². The van der Waals surface area contributed by atoms with Crippen LogP contribution in [-0.2, 0) is 17.4 Å². The van der Waals surface area contributed by atoms with Crippen LogP contribution in [0.4, 0.5) is 8.78 Å². The zero-order chi connectivity index (χ0) is 21.9. The van der Waals surface area contributed by atoms with Crippen LogP contribution in [0.5, 0.6) is 5.75 Å². The van der Waals surface area contributed by atoms with E-state index in [0.29, 0.717) is 11.4 Å². The number of nitrogens with one attached hydrogen (secondary N) is 1. The standard InChI is InChI=1S/C22H25F2N3O2S/c1-22(2,3)30(28)26-20(13-15-11-16(23)14-17(24)12-15)21-25-9-10-27(21)18-5-7-19(29-4)8-6-18/h5-12,14,20,26H,13H2,1-4H3/t20-,30+/m0/s1. The molecule has 0 spiro atoms. The number of hydrogen-bond donors (Lipinski definition) is 1. The van der Waals surface area contributed by atoms with Crippen molar-refractivity contribution < 1.29 is 17.7 Å². The number of ether oxygens (including phenoxy) is 1. The predicted molar refractivity (Wildman–Crippen MR) is 114 cm³/mol. The van der Waals surface area contributed by atoms with Crippen molar-refractivity contribution >= 4 is 11.0 Å². The lowest BCUT2D eigenvalue weighted by Gasteiger charge is -2.25. The topological polar surface area (TPSA) is 56.1 Å². The Morgan fingerprint density at radius 2 is 1.77 bits per heavy atom. The summed E-state index contributed by atoms with van der Waals surface area (Å²) in [7, 11) is 0.178. The zero-order valence-electron chi connectivity index (χ0n) is 17.4. The molecule has 2 atom stereocenters. The van der Waals surface area contributed by atoms with Crippen molar-refractivity contribution in [3.05, 3.63) is 77.9 Å². The van der Waals surface area contributed by atoms with E-state index < -0.39 is 33.4 Å².